The first-order valence-electron chi connectivity index (χ1n) is 7.41. The van der Waals surface area contributed by atoms with Crippen LogP contribution in [-0.2, 0) is 9.53 Å². The van der Waals surface area contributed by atoms with E-state index in [1.54, 1.807) is 4.90 Å². The first kappa shape index (κ1) is 14.3. The summed E-state index contributed by atoms with van der Waals surface area (Å²) in [5.41, 5.74) is -0.570. The van der Waals surface area contributed by atoms with Gasteiger partial charge in [-0.2, -0.15) is 0 Å². The van der Waals surface area contributed by atoms with Gasteiger partial charge in [-0.1, -0.05) is 25.7 Å². The Hall–Kier alpha value is -1.10. The molecule has 19 heavy (non-hydrogen) atoms. The van der Waals surface area contributed by atoms with Crippen LogP contribution in [0, 0.1) is 0 Å². The molecule has 2 aliphatic rings. The van der Waals surface area contributed by atoms with E-state index in [-0.39, 0.29) is 11.9 Å². The number of imide groups is 1. The molecule has 5 heteroatoms. The molecule has 5 nitrogen and oxygen atoms in total. The van der Waals surface area contributed by atoms with Crippen molar-refractivity contribution < 1.29 is 14.3 Å². The third-order valence-electron chi connectivity index (χ3n) is 4.21. The quantitative estimate of drug-likeness (QED) is 0.613. The number of nitrogens with zero attached hydrogens (tertiary/aromatic N) is 1. The second-order valence-corrected chi connectivity index (χ2v) is 5.41. The summed E-state index contributed by atoms with van der Waals surface area (Å²) in [7, 11) is 0. The van der Waals surface area contributed by atoms with Crippen LogP contribution in [0.15, 0.2) is 0 Å². The fourth-order valence-electron chi connectivity index (χ4n) is 3.19. The topological polar surface area (TPSA) is 58.6 Å². The van der Waals surface area contributed by atoms with Gasteiger partial charge in [0.25, 0.3) is 5.91 Å². The zero-order valence-corrected chi connectivity index (χ0v) is 11.7. The molecule has 1 saturated carbocycles. The molecule has 1 spiro atoms. The molecule has 0 unspecified atom stereocenters. The van der Waals surface area contributed by atoms with Crippen molar-refractivity contribution in [2.45, 2.75) is 57.4 Å². The first-order valence-corrected chi connectivity index (χ1v) is 7.41. The van der Waals surface area contributed by atoms with Gasteiger partial charge in [-0.25, -0.2) is 4.79 Å². The van der Waals surface area contributed by atoms with E-state index in [9.17, 15) is 9.59 Å². The van der Waals surface area contributed by atoms with Crippen LogP contribution < -0.4 is 5.32 Å². The number of nitrogens with one attached hydrogen (secondary N) is 1. The van der Waals surface area contributed by atoms with Gasteiger partial charge in [0.05, 0.1) is 0 Å². The third-order valence-corrected chi connectivity index (χ3v) is 4.21. The second-order valence-electron chi connectivity index (χ2n) is 5.41. The number of ether oxygens (including phenoxy) is 1. The Balaban J connectivity index is 2.04. The van der Waals surface area contributed by atoms with Gasteiger partial charge in [0.1, 0.15) is 5.54 Å². The highest BCUT2D eigenvalue weighted by Gasteiger charge is 2.51. The average Bonchev–Trinajstić information content (AvgIpc) is 2.60. The lowest BCUT2D eigenvalue weighted by Crippen LogP contribution is -2.49. The molecular formula is C14H24N2O3. The van der Waals surface area contributed by atoms with Crippen LogP contribution in [0.4, 0.5) is 4.79 Å². The Morgan fingerprint density at radius 2 is 1.89 bits per heavy atom. The molecule has 1 saturated heterocycles. The number of carbonyl (C=O) groups is 2. The summed E-state index contributed by atoms with van der Waals surface area (Å²) in [6, 6.07) is -0.219. The van der Waals surface area contributed by atoms with Gasteiger partial charge in [-0.15, -0.1) is 0 Å². The van der Waals surface area contributed by atoms with Crippen molar-refractivity contribution in [2.75, 3.05) is 19.8 Å². The van der Waals surface area contributed by atoms with Gasteiger partial charge in [-0.05, 0) is 26.2 Å². The zero-order chi connectivity index (χ0) is 13.7. The summed E-state index contributed by atoms with van der Waals surface area (Å²) in [6.45, 7) is 3.90. The molecule has 0 aromatic rings. The van der Waals surface area contributed by atoms with Crippen LogP contribution in [0.2, 0.25) is 0 Å². The number of urea groups is 1. The van der Waals surface area contributed by atoms with E-state index >= 15 is 0 Å². The van der Waals surface area contributed by atoms with Gasteiger partial charge in [-0.3, -0.25) is 10.1 Å². The molecule has 0 bridgehead atoms. The average molecular weight is 268 g/mol. The van der Waals surface area contributed by atoms with Crippen molar-refractivity contribution in [1.29, 1.82) is 0 Å². The van der Waals surface area contributed by atoms with Crippen molar-refractivity contribution in [3.05, 3.63) is 0 Å². The predicted octanol–water partition coefficient (Wildman–Crippen LogP) is 2.06. The standard InChI is InChI=1S/C14H24N2O3/c1-2-19-11-7-10-16-13(18)15-12(17)14(16)8-5-3-4-6-9-14/h2-11H2,1H3,(H,15,17,18). The summed E-state index contributed by atoms with van der Waals surface area (Å²) < 4.78 is 5.31. The van der Waals surface area contributed by atoms with Crippen LogP contribution in [0.3, 0.4) is 0 Å². The molecule has 108 valence electrons. The zero-order valence-electron chi connectivity index (χ0n) is 11.7. The first-order chi connectivity index (χ1) is 9.20. The maximum atomic E-state index is 12.2. The van der Waals surface area contributed by atoms with Crippen molar-refractivity contribution in [1.82, 2.24) is 10.2 Å². The Bertz CT molecular complexity index is 336. The summed E-state index contributed by atoms with van der Waals surface area (Å²) >= 11 is 0. The van der Waals surface area contributed by atoms with Crippen LogP contribution in [0.5, 0.6) is 0 Å². The van der Waals surface area contributed by atoms with E-state index < -0.39 is 5.54 Å². The second kappa shape index (κ2) is 6.37. The molecule has 1 aliphatic heterocycles. The molecule has 1 heterocycles. The smallest absolute Gasteiger partial charge is 0.325 e. The Morgan fingerprint density at radius 1 is 1.21 bits per heavy atom. The van der Waals surface area contributed by atoms with E-state index in [2.05, 4.69) is 5.32 Å². The van der Waals surface area contributed by atoms with Crippen molar-refractivity contribution in [3.8, 4) is 0 Å². The number of carbonyl (C=O) groups excluding carboxylic acids is 2. The number of rotatable bonds is 5. The van der Waals surface area contributed by atoms with Gasteiger partial charge < -0.3 is 9.64 Å². The summed E-state index contributed by atoms with van der Waals surface area (Å²) in [6.07, 6.45) is 6.78. The highest BCUT2D eigenvalue weighted by Crippen LogP contribution is 2.36. The summed E-state index contributed by atoms with van der Waals surface area (Å²) in [5, 5.41) is 2.50. The largest absolute Gasteiger partial charge is 0.382 e. The van der Waals surface area contributed by atoms with E-state index in [0.29, 0.717) is 19.8 Å². The minimum Gasteiger partial charge on any atom is -0.382 e. The van der Waals surface area contributed by atoms with E-state index in [1.807, 2.05) is 6.92 Å². The fourth-order valence-corrected chi connectivity index (χ4v) is 3.19. The van der Waals surface area contributed by atoms with Gasteiger partial charge in [0.15, 0.2) is 0 Å². The minimum atomic E-state index is -0.570. The Morgan fingerprint density at radius 3 is 2.53 bits per heavy atom. The highest BCUT2D eigenvalue weighted by molar-refractivity contribution is 6.07. The molecule has 2 fully saturated rings. The monoisotopic (exact) mass is 268 g/mol. The molecule has 0 aromatic heterocycles. The molecular weight excluding hydrogens is 244 g/mol. The lowest BCUT2D eigenvalue weighted by molar-refractivity contribution is -0.127. The van der Waals surface area contributed by atoms with E-state index in [0.717, 1.165) is 44.9 Å². The molecule has 1 N–H and O–H groups in total. The molecule has 0 aromatic carbocycles. The maximum Gasteiger partial charge on any atom is 0.325 e. The lowest BCUT2D eigenvalue weighted by Gasteiger charge is -2.34. The predicted molar refractivity (Wildman–Crippen MR) is 71.8 cm³/mol. The van der Waals surface area contributed by atoms with Crippen LogP contribution >= 0.6 is 0 Å². The van der Waals surface area contributed by atoms with Gasteiger partial charge in [0, 0.05) is 19.8 Å². The summed E-state index contributed by atoms with van der Waals surface area (Å²) in [5.74, 6) is -0.0872. The SMILES string of the molecule is CCOCCCN1C(=O)NC(=O)C12CCCCCC2. The van der Waals surface area contributed by atoms with Crippen LogP contribution in [0.1, 0.15) is 51.9 Å². The molecule has 1 aliphatic carbocycles. The molecule has 0 atom stereocenters. The minimum absolute atomic E-state index is 0.0872. The number of hydrogen-bond donors (Lipinski definition) is 1. The van der Waals surface area contributed by atoms with E-state index in [4.69, 9.17) is 4.74 Å². The number of amides is 3. The lowest BCUT2D eigenvalue weighted by atomic mass is 9.88. The molecule has 3 amide bonds. The highest BCUT2D eigenvalue weighted by atomic mass is 16.5. The summed E-state index contributed by atoms with van der Waals surface area (Å²) in [4.78, 5) is 26.0. The van der Waals surface area contributed by atoms with Gasteiger partial charge in [0.2, 0.25) is 0 Å². The van der Waals surface area contributed by atoms with Crippen molar-refractivity contribution in [3.63, 3.8) is 0 Å². The van der Waals surface area contributed by atoms with Crippen LogP contribution in [-0.4, -0.2) is 42.1 Å². The van der Waals surface area contributed by atoms with Crippen molar-refractivity contribution in [2.24, 2.45) is 0 Å². The van der Waals surface area contributed by atoms with Gasteiger partial charge >= 0.3 is 6.03 Å². The van der Waals surface area contributed by atoms with Crippen molar-refractivity contribution >= 4 is 11.9 Å². The fraction of sp³-hybridized carbons (Fsp3) is 0.857. The van der Waals surface area contributed by atoms with E-state index in [1.165, 1.54) is 0 Å². The maximum absolute atomic E-state index is 12.2. The Kier molecular flexibility index (Phi) is 4.80. The molecule has 0 radical (unpaired) electrons. The van der Waals surface area contributed by atoms with Crippen LogP contribution in [0.25, 0.3) is 0 Å². The number of hydrogen-bond acceptors (Lipinski definition) is 3. The normalized spacial score (nSPS) is 22.7. The Labute approximate surface area is 114 Å². The third kappa shape index (κ3) is 2.91. The molecule has 2 rings (SSSR count).